The monoisotopic (exact) mass is 334 g/mol. The summed E-state index contributed by atoms with van der Waals surface area (Å²) in [5.74, 6) is 0.511. The molecule has 24 heavy (non-hydrogen) atoms. The van der Waals surface area contributed by atoms with Gasteiger partial charge in [-0.05, 0) is 31.0 Å². The van der Waals surface area contributed by atoms with E-state index in [2.05, 4.69) is 0 Å². The average Bonchev–Trinajstić information content (AvgIpc) is 2.53. The fraction of sp³-hybridized carbons (Fsp3) is 0.556. The van der Waals surface area contributed by atoms with E-state index in [0.717, 1.165) is 19.3 Å². The number of hydrogen-bond acceptors (Lipinski definition) is 3. The molecule has 1 heterocycles. The smallest absolute Gasteiger partial charge is 0.227 e. The predicted octanol–water partition coefficient (Wildman–Crippen LogP) is 1.85. The van der Waals surface area contributed by atoms with Gasteiger partial charge in [-0.3, -0.25) is 9.59 Å². The van der Waals surface area contributed by atoms with Crippen LogP contribution >= 0.6 is 0 Å². The van der Waals surface area contributed by atoms with E-state index in [4.69, 9.17) is 4.74 Å². The maximum atomic E-state index is 13.4. The molecule has 0 N–H and O–H groups in total. The van der Waals surface area contributed by atoms with Crippen LogP contribution in [-0.2, 0) is 16.0 Å². The highest BCUT2D eigenvalue weighted by Gasteiger charge is 2.32. The van der Waals surface area contributed by atoms with Crippen LogP contribution in [-0.4, -0.2) is 54.9 Å². The minimum Gasteiger partial charge on any atom is -0.496 e. The molecule has 1 aromatic carbocycles. The van der Waals surface area contributed by atoms with Gasteiger partial charge in [-0.25, -0.2) is 4.39 Å². The van der Waals surface area contributed by atoms with Crippen molar-refractivity contribution in [2.24, 2.45) is 5.92 Å². The molecule has 2 fully saturated rings. The third-order valence-corrected chi connectivity index (χ3v) is 4.98. The molecule has 1 aliphatic heterocycles. The minimum absolute atomic E-state index is 0.0605. The molecule has 1 aromatic rings. The second kappa shape index (κ2) is 7.20. The summed E-state index contributed by atoms with van der Waals surface area (Å²) >= 11 is 0. The van der Waals surface area contributed by atoms with Gasteiger partial charge in [0.05, 0.1) is 13.5 Å². The minimum atomic E-state index is -0.380. The SMILES string of the molecule is COc1ccc(F)cc1CC(=O)N1CCN(C(=O)C2CCC2)CC1. The first-order valence-electron chi connectivity index (χ1n) is 8.47. The Morgan fingerprint density at radius 1 is 1.17 bits per heavy atom. The third-order valence-electron chi connectivity index (χ3n) is 4.98. The van der Waals surface area contributed by atoms with Crippen LogP contribution in [0.1, 0.15) is 24.8 Å². The molecule has 1 saturated heterocycles. The number of nitrogens with zero attached hydrogens (tertiary/aromatic N) is 2. The number of benzene rings is 1. The Balaban J connectivity index is 1.55. The molecule has 3 rings (SSSR count). The van der Waals surface area contributed by atoms with Crippen molar-refractivity contribution in [1.29, 1.82) is 0 Å². The topological polar surface area (TPSA) is 49.9 Å². The number of rotatable bonds is 4. The van der Waals surface area contributed by atoms with Crippen molar-refractivity contribution in [2.45, 2.75) is 25.7 Å². The first kappa shape index (κ1) is 16.7. The molecule has 0 atom stereocenters. The Hall–Kier alpha value is -2.11. The lowest BCUT2D eigenvalue weighted by molar-refractivity contribution is -0.143. The van der Waals surface area contributed by atoms with Gasteiger partial charge in [0, 0.05) is 37.7 Å². The van der Waals surface area contributed by atoms with Crippen molar-refractivity contribution in [1.82, 2.24) is 9.80 Å². The van der Waals surface area contributed by atoms with Crippen LogP contribution in [0, 0.1) is 11.7 Å². The second-order valence-corrected chi connectivity index (χ2v) is 6.47. The van der Waals surface area contributed by atoms with Gasteiger partial charge in [0.15, 0.2) is 0 Å². The lowest BCUT2D eigenvalue weighted by atomic mass is 9.84. The number of carbonyl (C=O) groups excluding carboxylic acids is 2. The molecule has 1 saturated carbocycles. The molecule has 5 nitrogen and oxygen atoms in total. The summed E-state index contributed by atoms with van der Waals surface area (Å²) < 4.78 is 18.6. The highest BCUT2D eigenvalue weighted by Crippen LogP contribution is 2.28. The normalized spacial score (nSPS) is 18.2. The van der Waals surface area contributed by atoms with E-state index in [9.17, 15) is 14.0 Å². The zero-order chi connectivity index (χ0) is 17.1. The van der Waals surface area contributed by atoms with Gasteiger partial charge in [-0.1, -0.05) is 6.42 Å². The van der Waals surface area contributed by atoms with Gasteiger partial charge in [-0.2, -0.15) is 0 Å². The van der Waals surface area contributed by atoms with Crippen LogP contribution in [0.5, 0.6) is 5.75 Å². The summed E-state index contributed by atoms with van der Waals surface area (Å²) in [6.45, 7) is 2.24. The maximum absolute atomic E-state index is 13.4. The summed E-state index contributed by atoms with van der Waals surface area (Å²) in [5.41, 5.74) is 0.551. The molecule has 2 amide bonds. The summed E-state index contributed by atoms with van der Waals surface area (Å²) in [6, 6.07) is 4.19. The Labute approximate surface area is 141 Å². The number of piperazine rings is 1. The maximum Gasteiger partial charge on any atom is 0.227 e. The highest BCUT2D eigenvalue weighted by atomic mass is 19.1. The zero-order valence-corrected chi connectivity index (χ0v) is 14.0. The standard InChI is InChI=1S/C18H23FN2O3/c1-24-16-6-5-15(19)11-14(16)12-17(22)20-7-9-21(10-8-20)18(23)13-3-2-4-13/h5-6,11,13H,2-4,7-10,12H2,1H3. The Bertz CT molecular complexity index is 623. The Morgan fingerprint density at radius 3 is 2.42 bits per heavy atom. The largest absolute Gasteiger partial charge is 0.496 e. The molecule has 130 valence electrons. The third kappa shape index (κ3) is 3.52. The van der Waals surface area contributed by atoms with Crippen molar-refractivity contribution in [3.05, 3.63) is 29.6 Å². The Morgan fingerprint density at radius 2 is 1.83 bits per heavy atom. The van der Waals surface area contributed by atoms with Crippen molar-refractivity contribution >= 4 is 11.8 Å². The lowest BCUT2D eigenvalue weighted by Crippen LogP contribution is -2.52. The van der Waals surface area contributed by atoms with E-state index in [1.54, 1.807) is 4.90 Å². The van der Waals surface area contributed by atoms with E-state index >= 15 is 0 Å². The molecule has 0 bridgehead atoms. The lowest BCUT2D eigenvalue weighted by Gasteiger charge is -2.38. The molecule has 0 aromatic heterocycles. The molecule has 1 aliphatic carbocycles. The quantitative estimate of drug-likeness (QED) is 0.844. The second-order valence-electron chi connectivity index (χ2n) is 6.47. The van der Waals surface area contributed by atoms with Crippen molar-refractivity contribution in [3.8, 4) is 5.75 Å². The van der Waals surface area contributed by atoms with E-state index < -0.39 is 0 Å². The van der Waals surface area contributed by atoms with Crippen LogP contribution in [0.15, 0.2) is 18.2 Å². The van der Waals surface area contributed by atoms with Crippen LogP contribution in [0.25, 0.3) is 0 Å². The van der Waals surface area contributed by atoms with Crippen LogP contribution in [0.2, 0.25) is 0 Å². The number of ether oxygens (including phenoxy) is 1. The number of hydrogen-bond donors (Lipinski definition) is 0. The molecule has 0 spiro atoms. The van der Waals surface area contributed by atoms with Gasteiger partial charge in [-0.15, -0.1) is 0 Å². The molecule has 0 radical (unpaired) electrons. The fourth-order valence-corrected chi connectivity index (χ4v) is 3.25. The summed E-state index contributed by atoms with van der Waals surface area (Å²) in [6.07, 6.45) is 3.25. The van der Waals surface area contributed by atoms with Crippen molar-refractivity contribution < 1.29 is 18.7 Å². The van der Waals surface area contributed by atoms with E-state index in [1.165, 1.54) is 25.3 Å². The number of halogens is 1. The molecular weight excluding hydrogens is 311 g/mol. The first-order valence-corrected chi connectivity index (χ1v) is 8.47. The van der Waals surface area contributed by atoms with Gasteiger partial charge in [0.25, 0.3) is 0 Å². The molecular formula is C18H23FN2O3. The summed E-state index contributed by atoms with van der Waals surface area (Å²) in [4.78, 5) is 28.3. The number of methoxy groups -OCH3 is 1. The molecule has 2 aliphatic rings. The Kier molecular flexibility index (Phi) is 5.02. The van der Waals surface area contributed by atoms with Crippen molar-refractivity contribution in [3.63, 3.8) is 0 Å². The first-order chi connectivity index (χ1) is 11.6. The summed E-state index contributed by atoms with van der Waals surface area (Å²) in [7, 11) is 1.51. The molecule has 6 heteroatoms. The van der Waals surface area contributed by atoms with Gasteiger partial charge in [0.1, 0.15) is 11.6 Å². The predicted molar refractivity (Wildman–Crippen MR) is 87.2 cm³/mol. The van der Waals surface area contributed by atoms with Gasteiger partial charge >= 0.3 is 0 Å². The van der Waals surface area contributed by atoms with Crippen LogP contribution in [0.4, 0.5) is 4.39 Å². The molecule has 0 unspecified atom stereocenters. The van der Waals surface area contributed by atoms with E-state index in [1.807, 2.05) is 4.90 Å². The van der Waals surface area contributed by atoms with E-state index in [-0.39, 0.29) is 30.0 Å². The van der Waals surface area contributed by atoms with Crippen LogP contribution < -0.4 is 4.74 Å². The number of carbonyl (C=O) groups is 2. The summed E-state index contributed by atoms with van der Waals surface area (Å²) in [5, 5.41) is 0. The highest BCUT2D eigenvalue weighted by molar-refractivity contribution is 5.81. The average molecular weight is 334 g/mol. The number of amides is 2. The fourth-order valence-electron chi connectivity index (χ4n) is 3.25. The van der Waals surface area contributed by atoms with Crippen LogP contribution in [0.3, 0.4) is 0 Å². The van der Waals surface area contributed by atoms with Gasteiger partial charge in [0.2, 0.25) is 11.8 Å². The van der Waals surface area contributed by atoms with Gasteiger partial charge < -0.3 is 14.5 Å². The van der Waals surface area contributed by atoms with Crippen molar-refractivity contribution in [2.75, 3.05) is 33.3 Å². The van der Waals surface area contributed by atoms with E-state index in [0.29, 0.717) is 37.5 Å². The zero-order valence-electron chi connectivity index (χ0n) is 14.0.